The third-order valence-electron chi connectivity index (χ3n) is 5.01. The number of nitrogens with one attached hydrogen (secondary N) is 1. The molecule has 4 aromatic rings. The van der Waals surface area contributed by atoms with E-state index < -0.39 is 27.7 Å². The number of ether oxygens (including phenoxy) is 1. The van der Waals surface area contributed by atoms with Gasteiger partial charge >= 0.3 is 5.97 Å². The molecule has 1 N–H and O–H groups in total. The maximum Gasteiger partial charge on any atom is 0.340 e. The van der Waals surface area contributed by atoms with Crippen molar-refractivity contribution in [3.8, 4) is 0 Å². The van der Waals surface area contributed by atoms with E-state index in [1.807, 2.05) is 18.2 Å². The zero-order valence-corrected chi connectivity index (χ0v) is 18.5. The van der Waals surface area contributed by atoms with Gasteiger partial charge < -0.3 is 9.72 Å². The summed E-state index contributed by atoms with van der Waals surface area (Å²) in [5.74, 6) is -1.32. The molecule has 162 valence electrons. The Hall–Kier alpha value is -3.42. The minimum Gasteiger partial charge on any atom is -0.445 e. The molecule has 0 aliphatic rings. The van der Waals surface area contributed by atoms with Crippen LogP contribution in [-0.2, 0) is 14.6 Å². The quantitative estimate of drug-likeness (QED) is 0.318. The third-order valence-corrected chi connectivity index (χ3v) is 6.45. The van der Waals surface area contributed by atoms with Crippen LogP contribution in [0.3, 0.4) is 0 Å². The summed E-state index contributed by atoms with van der Waals surface area (Å²) >= 11 is 6.14. The van der Waals surface area contributed by atoms with E-state index in [0.29, 0.717) is 16.5 Å². The first-order chi connectivity index (χ1) is 15.3. The van der Waals surface area contributed by atoms with E-state index in [1.54, 1.807) is 42.6 Å². The highest BCUT2D eigenvalue weighted by atomic mass is 35.5. The molecular formula is C24H18ClNO5S. The van der Waals surface area contributed by atoms with Crippen molar-refractivity contribution in [1.29, 1.82) is 0 Å². The second kappa shape index (κ2) is 8.61. The Morgan fingerprint density at radius 1 is 0.938 bits per heavy atom. The van der Waals surface area contributed by atoms with Crippen LogP contribution in [0.15, 0.2) is 83.9 Å². The van der Waals surface area contributed by atoms with E-state index in [1.165, 1.54) is 12.1 Å². The fourth-order valence-corrected chi connectivity index (χ4v) is 4.22. The monoisotopic (exact) mass is 467 g/mol. The minimum atomic E-state index is -3.57. The molecule has 32 heavy (non-hydrogen) atoms. The number of ketones is 1. The first kappa shape index (κ1) is 21.8. The topological polar surface area (TPSA) is 93.3 Å². The number of halogens is 1. The van der Waals surface area contributed by atoms with Gasteiger partial charge in [0.1, 0.15) is 0 Å². The second-order valence-electron chi connectivity index (χ2n) is 7.22. The zero-order valence-electron chi connectivity index (χ0n) is 16.9. The van der Waals surface area contributed by atoms with Crippen LogP contribution in [-0.4, -0.2) is 31.4 Å². The standard InChI is InChI=1S/C24H18ClNO5S/c1-32(29,30)16-11-12-20(25)18(13-16)24(28)31-23(15-7-3-2-4-8-15)22(27)19-14-26-21-10-6-5-9-17(19)21/h2-14,23,26H,1H3/t23-/m0/s1. The van der Waals surface area contributed by atoms with E-state index in [9.17, 15) is 18.0 Å². The van der Waals surface area contributed by atoms with Gasteiger partial charge in [-0.2, -0.15) is 0 Å². The molecule has 6 nitrogen and oxygen atoms in total. The van der Waals surface area contributed by atoms with Crippen LogP contribution in [0.25, 0.3) is 10.9 Å². The average Bonchev–Trinajstić information content (AvgIpc) is 3.21. The molecule has 0 fully saturated rings. The van der Waals surface area contributed by atoms with Crippen molar-refractivity contribution >= 4 is 44.1 Å². The summed E-state index contributed by atoms with van der Waals surface area (Å²) in [6.07, 6.45) is 1.35. The Morgan fingerprint density at radius 3 is 2.34 bits per heavy atom. The molecule has 8 heteroatoms. The predicted molar refractivity (Wildman–Crippen MR) is 122 cm³/mol. The summed E-state index contributed by atoms with van der Waals surface area (Å²) in [7, 11) is -3.57. The molecule has 0 aliphatic carbocycles. The summed E-state index contributed by atoms with van der Waals surface area (Å²) in [6.45, 7) is 0. The number of hydrogen-bond donors (Lipinski definition) is 1. The number of para-hydroxylation sites is 1. The van der Waals surface area contributed by atoms with Crippen LogP contribution in [0, 0.1) is 0 Å². The summed E-state index contributed by atoms with van der Waals surface area (Å²) in [4.78, 5) is 29.4. The second-order valence-corrected chi connectivity index (χ2v) is 9.64. The van der Waals surface area contributed by atoms with Gasteiger partial charge in [0, 0.05) is 34.5 Å². The lowest BCUT2D eigenvalue weighted by Gasteiger charge is -2.18. The molecular weight excluding hydrogens is 450 g/mol. The first-order valence-corrected chi connectivity index (χ1v) is 11.9. The van der Waals surface area contributed by atoms with Crippen molar-refractivity contribution in [1.82, 2.24) is 4.98 Å². The molecule has 1 aromatic heterocycles. The van der Waals surface area contributed by atoms with Crippen LogP contribution in [0.4, 0.5) is 0 Å². The van der Waals surface area contributed by atoms with Gasteiger partial charge in [-0.15, -0.1) is 0 Å². The average molecular weight is 468 g/mol. The largest absolute Gasteiger partial charge is 0.445 e. The number of fused-ring (bicyclic) bond motifs is 1. The number of aromatic amines is 1. The molecule has 4 rings (SSSR count). The number of benzene rings is 3. The van der Waals surface area contributed by atoms with Crippen molar-refractivity contribution in [3.05, 3.63) is 101 Å². The molecule has 0 saturated heterocycles. The maximum atomic E-state index is 13.5. The molecule has 0 aliphatic heterocycles. The number of rotatable bonds is 6. The fourth-order valence-electron chi connectivity index (χ4n) is 3.38. The van der Waals surface area contributed by atoms with E-state index in [0.717, 1.165) is 17.8 Å². The third kappa shape index (κ3) is 4.30. The molecule has 0 amide bonds. The van der Waals surface area contributed by atoms with Crippen LogP contribution in [0.5, 0.6) is 0 Å². The highest BCUT2D eigenvalue weighted by Crippen LogP contribution is 2.29. The highest BCUT2D eigenvalue weighted by molar-refractivity contribution is 7.90. The van der Waals surface area contributed by atoms with Gasteiger partial charge in [0.2, 0.25) is 5.78 Å². The number of carbonyl (C=O) groups is 2. The van der Waals surface area contributed by atoms with Gasteiger partial charge in [-0.1, -0.05) is 60.1 Å². The molecule has 0 saturated carbocycles. The zero-order chi connectivity index (χ0) is 22.9. The van der Waals surface area contributed by atoms with Crippen molar-refractivity contribution in [3.63, 3.8) is 0 Å². The van der Waals surface area contributed by atoms with E-state index in [4.69, 9.17) is 16.3 Å². The molecule has 1 heterocycles. The lowest BCUT2D eigenvalue weighted by Crippen LogP contribution is -2.20. The van der Waals surface area contributed by atoms with Gasteiger partial charge in [0.25, 0.3) is 0 Å². The number of Topliss-reactive ketones (excluding diaryl/α,β-unsaturated/α-hetero) is 1. The van der Waals surface area contributed by atoms with Crippen molar-refractivity contribution < 1.29 is 22.7 Å². The maximum absolute atomic E-state index is 13.5. The van der Waals surface area contributed by atoms with Gasteiger partial charge in [-0.05, 0) is 24.3 Å². The van der Waals surface area contributed by atoms with E-state index >= 15 is 0 Å². The Labute approximate surface area is 189 Å². The molecule has 0 bridgehead atoms. The predicted octanol–water partition coefficient (Wildman–Crippen LogP) is 5.01. The van der Waals surface area contributed by atoms with Crippen molar-refractivity contribution in [2.75, 3.05) is 6.26 Å². The van der Waals surface area contributed by atoms with Gasteiger partial charge in [-0.3, -0.25) is 4.79 Å². The molecule has 1 atom stereocenters. The SMILES string of the molecule is CS(=O)(=O)c1ccc(Cl)c(C(=O)O[C@H](C(=O)c2c[nH]c3ccccc23)c2ccccc2)c1. The van der Waals surface area contributed by atoms with Crippen molar-refractivity contribution in [2.24, 2.45) is 0 Å². The van der Waals surface area contributed by atoms with Crippen LogP contribution in [0.2, 0.25) is 5.02 Å². The Morgan fingerprint density at radius 2 is 1.62 bits per heavy atom. The summed E-state index contributed by atoms with van der Waals surface area (Å²) < 4.78 is 29.4. The van der Waals surface area contributed by atoms with Gasteiger partial charge in [0.05, 0.1) is 15.5 Å². The van der Waals surface area contributed by atoms with Crippen LogP contribution < -0.4 is 0 Å². The molecule has 0 unspecified atom stereocenters. The highest BCUT2D eigenvalue weighted by Gasteiger charge is 2.29. The van der Waals surface area contributed by atoms with Crippen LogP contribution >= 0.6 is 11.6 Å². The van der Waals surface area contributed by atoms with Crippen LogP contribution in [0.1, 0.15) is 32.4 Å². The fraction of sp³-hybridized carbons (Fsp3) is 0.0833. The normalized spacial score (nSPS) is 12.4. The number of esters is 1. The Kier molecular flexibility index (Phi) is 5.86. The lowest BCUT2D eigenvalue weighted by molar-refractivity contribution is 0.0280. The molecule has 0 spiro atoms. The Bertz CT molecular complexity index is 1430. The number of carbonyl (C=O) groups excluding carboxylic acids is 2. The van der Waals surface area contributed by atoms with Gasteiger partial charge in [0.15, 0.2) is 15.9 Å². The lowest BCUT2D eigenvalue weighted by atomic mass is 9.99. The number of aromatic nitrogens is 1. The van der Waals surface area contributed by atoms with E-state index in [-0.39, 0.29) is 15.5 Å². The Balaban J connectivity index is 1.74. The summed E-state index contributed by atoms with van der Waals surface area (Å²) in [6, 6.07) is 19.7. The number of H-pyrrole nitrogens is 1. The molecule has 3 aromatic carbocycles. The molecule has 0 radical (unpaired) electrons. The van der Waals surface area contributed by atoms with E-state index in [2.05, 4.69) is 4.98 Å². The van der Waals surface area contributed by atoms with Crippen molar-refractivity contribution in [2.45, 2.75) is 11.0 Å². The first-order valence-electron chi connectivity index (χ1n) is 9.61. The minimum absolute atomic E-state index is 0.0220. The summed E-state index contributed by atoms with van der Waals surface area (Å²) in [5, 5.41) is 0.723. The smallest absolute Gasteiger partial charge is 0.340 e. The summed E-state index contributed by atoms with van der Waals surface area (Å²) in [5.41, 5.74) is 1.49. The number of sulfone groups is 1. The van der Waals surface area contributed by atoms with Gasteiger partial charge in [-0.25, -0.2) is 13.2 Å². The number of hydrogen-bond acceptors (Lipinski definition) is 5.